The van der Waals surface area contributed by atoms with Gasteiger partial charge in [-0.15, -0.1) is 12.4 Å². The van der Waals surface area contributed by atoms with Crippen molar-refractivity contribution in [3.63, 3.8) is 0 Å². The number of ether oxygens (including phenoxy) is 7. The van der Waals surface area contributed by atoms with E-state index in [-0.39, 0.29) is 106 Å². The summed E-state index contributed by atoms with van der Waals surface area (Å²) in [5.41, 5.74) is 6.59. The Balaban J connectivity index is 0.000000726. The number of rotatable bonds is 15. The summed E-state index contributed by atoms with van der Waals surface area (Å²) in [7, 11) is 1.31. The fourth-order valence-electron chi connectivity index (χ4n) is 19.2. The molecule has 13 rings (SSSR count). The van der Waals surface area contributed by atoms with Crippen LogP contribution in [0.25, 0.3) is 0 Å². The Bertz CT molecular complexity index is 3290. The summed E-state index contributed by atoms with van der Waals surface area (Å²) in [5.74, 6) is -2.10. The van der Waals surface area contributed by atoms with Crippen molar-refractivity contribution in [2.24, 2.45) is 49.5 Å². The van der Waals surface area contributed by atoms with Crippen molar-refractivity contribution >= 4 is 99.8 Å². The maximum Gasteiger partial charge on any atom is 1.00 e. The summed E-state index contributed by atoms with van der Waals surface area (Å²) in [6.45, 7) is 26.7. The number of alkyl halides is 1. The van der Waals surface area contributed by atoms with Gasteiger partial charge in [0, 0.05) is 62.8 Å². The van der Waals surface area contributed by atoms with Crippen molar-refractivity contribution < 1.29 is 131 Å². The van der Waals surface area contributed by atoms with Crippen LogP contribution in [0.3, 0.4) is 0 Å². The van der Waals surface area contributed by atoms with Gasteiger partial charge in [0.25, 0.3) is 0 Å². The van der Waals surface area contributed by atoms with Gasteiger partial charge in [0.2, 0.25) is 6.29 Å². The average Bonchev–Trinajstić information content (AvgIpc) is 1.65. The number of carboxylic acids is 1. The van der Waals surface area contributed by atoms with E-state index >= 15 is 0 Å². The van der Waals surface area contributed by atoms with Gasteiger partial charge in [0.15, 0.2) is 11.4 Å². The Kier molecular flexibility index (Phi) is 58.9. The fourth-order valence-corrected chi connectivity index (χ4v) is 19.5. The number of nitrogens with two attached hydrogens (primary N) is 1. The Hall–Kier alpha value is -5.69. The number of carbonyl (C=O) groups is 10. The van der Waals surface area contributed by atoms with Crippen LogP contribution < -0.4 is 35.2 Å². The number of ketones is 1. The maximum atomic E-state index is 12.5. The summed E-state index contributed by atoms with van der Waals surface area (Å²) < 4.78 is 35.1. The van der Waals surface area contributed by atoms with E-state index in [1.807, 2.05) is 27.7 Å². The van der Waals surface area contributed by atoms with Crippen LogP contribution in [0.4, 0.5) is 9.59 Å². The molecule has 34 heteroatoms. The van der Waals surface area contributed by atoms with Crippen LogP contribution >= 0.6 is 28.3 Å². The Labute approximate surface area is 784 Å². The molecule has 127 heavy (non-hydrogen) atoms. The Morgan fingerprint density at radius 2 is 1.08 bits per heavy atom. The third kappa shape index (κ3) is 42.8. The first-order valence-corrected chi connectivity index (χ1v) is 48.1. The number of oxime groups is 2. The van der Waals surface area contributed by atoms with Crippen LogP contribution in [0.5, 0.6) is 0 Å². The Morgan fingerprint density at radius 3 is 1.52 bits per heavy atom. The quantitative estimate of drug-likeness (QED) is 0.0130. The summed E-state index contributed by atoms with van der Waals surface area (Å²) in [6.07, 6.45) is 50.3. The zero-order valence-electron chi connectivity index (χ0n) is 79.3. The standard InChI is InChI=1S/C17H29NO4.C15H25NO4.C12H19NO4.C12H21NO2.C11H19N.C10H17NO3.C7H12O.C5H8BrNO3.C4H9N.ClH.Li.2H2O/c1-5-21-14(19)13-11-17(9-7-6-8-10-17)12-18(13)15(20)22-16(2,3)4;1-14(2,3)20-13(19)16-10-15(7-5-4-6-8-15)9-11(16)12(17)18;1-2-16-10(14)9-8-12(11(15)17-13-9)6-4-3-5-7-12;1-2-15-11(14)10-8-12(9-13-10)6-4-3-5-7-12;1-2-6-11(7-3-1)10-12-8-4-5-9-12;1-14-10(13)8(11)6-7-4-2-3-5-9(7)12;8-6-7-4-2-1-3-5-7;1-2-10-5(8)4(3-6)7-9;1-2-4-5-3-1;;;;/h13H,5-12H2,1-4H3;11H,4-10H2,1-3H3,(H,17,18);11,15H,2-8H2,1H3;10,13H,2-9H2,1H3;10H,1-9H2;7-8H,2-6,11H2,1H3;6-7H,1-5H2;9H,2-3H2,1H3;5H,1-4H2;1H;;2*1H2/q;;;;;;;;;;+1;;/p-1/b;;;;;;;7-4+;;;;;/t;;;;;7-,8-;;;;;;;/m.....0......./s1. The molecule has 6 atom stereocenters. The molecule has 4 spiro atoms. The number of halogens is 2. The van der Waals surface area contributed by atoms with E-state index in [9.17, 15) is 58.2 Å². The maximum absolute atomic E-state index is 12.5. The zero-order valence-corrected chi connectivity index (χ0v) is 81.7. The molecule has 0 aromatic heterocycles. The first-order chi connectivity index (χ1) is 58.7. The van der Waals surface area contributed by atoms with Crippen molar-refractivity contribution in [3.8, 4) is 0 Å². The number of nitrogens with zero attached hydrogens (tertiary/aromatic N) is 5. The molecule has 2 amide bonds. The molecule has 728 valence electrons. The van der Waals surface area contributed by atoms with Gasteiger partial charge in [0.1, 0.15) is 47.4 Å². The van der Waals surface area contributed by atoms with E-state index in [0.717, 1.165) is 116 Å². The molecule has 10 N–H and O–H groups in total. The number of esters is 5. The minimum atomic E-state index is -0.918. The van der Waals surface area contributed by atoms with Crippen molar-refractivity contribution in [2.45, 2.75) is 387 Å². The van der Waals surface area contributed by atoms with Gasteiger partial charge in [-0.3, -0.25) is 24.2 Å². The molecule has 0 aromatic carbocycles. The predicted molar refractivity (Wildman–Crippen MR) is 489 cm³/mol. The van der Waals surface area contributed by atoms with Crippen molar-refractivity contribution in [3.05, 3.63) is 11.8 Å². The summed E-state index contributed by atoms with van der Waals surface area (Å²) >= 11 is 2.95. The first kappa shape index (κ1) is 119. The second-order valence-electron chi connectivity index (χ2n) is 37.9. The molecule has 6 heterocycles. The Morgan fingerprint density at radius 1 is 0.622 bits per heavy atom. The summed E-state index contributed by atoms with van der Waals surface area (Å²) in [5, 5.41) is 40.6. The summed E-state index contributed by atoms with van der Waals surface area (Å²) in [4.78, 5) is 126. The molecule has 31 nitrogen and oxygen atoms in total. The number of carbonyl (C=O) groups excluding carboxylic acids is 9. The molecule has 0 radical (unpaired) electrons. The third-order valence-electron chi connectivity index (χ3n) is 25.7. The number of hydrogen-bond donors (Lipinski definition) is 6. The summed E-state index contributed by atoms with van der Waals surface area (Å²) in [6, 6.07) is -1.91. The number of allylic oxidation sites excluding steroid dienone is 1. The van der Waals surface area contributed by atoms with Crippen molar-refractivity contribution in [2.75, 3.05) is 84.7 Å². The SMILES string of the molecule is C(=C1CCCCC1)N1CCCC1.C1CCNC1.CC(C)(C)OC(=O)N1CC2(CCCCC2)CC1C(=O)O.CCOC(=O)/C(CBr)=N/O.CCOC(=O)C1=NOC(O)C2(CCCCC2)C1.CCOC(=O)C1CC2(CCCCC2)CN1.CCOC(=O)C1CC2(CCCCC2)CN1C(=O)OC(C)(C)C.COC(=O)[C@@H](N)C[C@@H]1CCCCC1=O.Cl.O.O=CC1CCCCC1.[Li+].[OH-]. The molecule has 4 unspecified atom stereocenters. The molecule has 7 aliphatic carbocycles. The van der Waals surface area contributed by atoms with Gasteiger partial charge in [0.05, 0.1) is 38.9 Å². The fraction of sp³-hybridized carbons (Fsp3) is 0.849. The van der Waals surface area contributed by atoms with E-state index in [2.05, 4.69) is 57.4 Å². The van der Waals surface area contributed by atoms with Gasteiger partial charge < -0.3 is 90.4 Å². The van der Waals surface area contributed by atoms with Crippen LogP contribution in [0.1, 0.15) is 345 Å². The van der Waals surface area contributed by atoms with Gasteiger partial charge in [-0.1, -0.05) is 141 Å². The number of nitrogens with one attached hydrogen (secondary N) is 2. The van der Waals surface area contributed by atoms with Crippen LogP contribution in [0.15, 0.2) is 22.1 Å². The van der Waals surface area contributed by atoms with Crippen LogP contribution in [0.2, 0.25) is 0 Å². The number of aliphatic hydroxyl groups is 1. The van der Waals surface area contributed by atoms with Crippen LogP contribution in [0, 0.1) is 33.5 Å². The van der Waals surface area contributed by atoms with Crippen molar-refractivity contribution in [1.29, 1.82) is 0 Å². The van der Waals surface area contributed by atoms with E-state index in [1.165, 1.54) is 179 Å². The smallest absolute Gasteiger partial charge is 0.870 e. The van der Waals surface area contributed by atoms with Gasteiger partial charge >= 0.3 is 66.9 Å². The zero-order chi connectivity index (χ0) is 90.5. The van der Waals surface area contributed by atoms with Gasteiger partial charge in [-0.2, -0.15) is 0 Å². The van der Waals surface area contributed by atoms with E-state index in [4.69, 9.17) is 39.5 Å². The molecule has 0 aromatic rings. The molecule has 13 aliphatic rings. The molecule has 5 saturated heterocycles. The van der Waals surface area contributed by atoms with Gasteiger partial charge in [-0.05, 0) is 259 Å². The number of amides is 2. The molecular weight excluding hydrogens is 1720 g/mol. The van der Waals surface area contributed by atoms with Crippen LogP contribution in [-0.2, 0) is 76.4 Å². The second kappa shape index (κ2) is 62.7. The molecular formula is C93H163BrClLiN8O23. The van der Waals surface area contributed by atoms with Crippen LogP contribution in [-0.4, -0.2) is 239 Å². The second-order valence-corrected chi connectivity index (χ2v) is 38.5. The molecule has 0 bridgehead atoms. The number of aldehydes is 1. The average molecular weight is 1880 g/mol. The number of Topliss-reactive ketones (excluding diaryl/α,β-unsaturated/α-hetero) is 1. The number of likely N-dealkylation sites (tertiary alicyclic amines) is 3. The third-order valence-corrected chi connectivity index (χ3v) is 26.3. The minimum absolute atomic E-state index is 0. The monoisotopic (exact) mass is 1880 g/mol. The number of aliphatic hydroxyl groups excluding tert-OH is 1. The topological polar surface area (TPSA) is 451 Å². The predicted octanol–water partition coefficient (Wildman–Crippen LogP) is 12.9. The van der Waals surface area contributed by atoms with E-state index < -0.39 is 71.7 Å². The molecule has 7 saturated carbocycles. The largest absolute Gasteiger partial charge is 1.00 e. The number of carboxylic acid groups (broad SMARTS) is 1. The van der Waals surface area contributed by atoms with Crippen molar-refractivity contribution in [1.82, 2.24) is 25.3 Å². The number of hydrogen-bond acceptors (Lipinski definition) is 27. The number of methoxy groups -OCH3 is 1. The first-order valence-electron chi connectivity index (χ1n) is 47.0. The number of aliphatic carboxylic acids is 1. The molecule has 12 fully saturated rings. The molecule has 6 aliphatic heterocycles. The van der Waals surface area contributed by atoms with Gasteiger partial charge in [-0.25, -0.2) is 28.8 Å². The normalized spacial score (nSPS) is 23.7. The van der Waals surface area contributed by atoms with E-state index in [1.54, 1.807) is 52.0 Å². The van der Waals surface area contributed by atoms with E-state index in [0.29, 0.717) is 82.1 Å². The minimum Gasteiger partial charge on any atom is -0.870 e.